The summed E-state index contributed by atoms with van der Waals surface area (Å²) in [4.78, 5) is 7.08. The maximum Gasteiger partial charge on any atom is 0.205 e. The smallest absolute Gasteiger partial charge is 0.205 e. The number of rotatable bonds is 4. The molecule has 0 bridgehead atoms. The molecule has 2 heterocycles. The van der Waals surface area contributed by atoms with Gasteiger partial charge in [0.1, 0.15) is 0 Å². The molecular weight excluding hydrogens is 212 g/mol. The van der Waals surface area contributed by atoms with Gasteiger partial charge in [-0.3, -0.25) is 0 Å². The second-order valence-electron chi connectivity index (χ2n) is 4.96. The average Bonchev–Trinajstić information content (AvgIpc) is 2.72. The zero-order valence-corrected chi connectivity index (χ0v) is 11.2. The lowest BCUT2D eigenvalue weighted by molar-refractivity contribution is 0.389. The van der Waals surface area contributed by atoms with Crippen molar-refractivity contribution in [2.24, 2.45) is 5.92 Å². The summed E-state index contributed by atoms with van der Waals surface area (Å²) in [6, 6.07) is 0. The van der Waals surface area contributed by atoms with Crippen molar-refractivity contribution in [2.45, 2.75) is 33.2 Å². The first-order valence-electron chi connectivity index (χ1n) is 6.68. The fourth-order valence-corrected chi connectivity index (χ4v) is 2.64. The predicted octanol–water partition coefficient (Wildman–Crippen LogP) is 1.65. The second-order valence-corrected chi connectivity index (χ2v) is 4.96. The monoisotopic (exact) mass is 236 g/mol. The van der Waals surface area contributed by atoms with Gasteiger partial charge in [0.05, 0.1) is 5.69 Å². The van der Waals surface area contributed by atoms with Gasteiger partial charge < -0.3 is 14.8 Å². The Labute approximate surface area is 104 Å². The van der Waals surface area contributed by atoms with Crippen molar-refractivity contribution in [3.63, 3.8) is 0 Å². The van der Waals surface area contributed by atoms with Crippen LogP contribution in [-0.2, 0) is 6.54 Å². The van der Waals surface area contributed by atoms with Crippen LogP contribution in [0.4, 0.5) is 5.95 Å². The Morgan fingerprint density at radius 3 is 2.71 bits per heavy atom. The van der Waals surface area contributed by atoms with E-state index in [0.717, 1.165) is 43.7 Å². The van der Waals surface area contributed by atoms with Crippen molar-refractivity contribution >= 4 is 5.95 Å². The van der Waals surface area contributed by atoms with Gasteiger partial charge in [-0.05, 0) is 46.2 Å². The molecule has 4 nitrogen and oxygen atoms in total. The van der Waals surface area contributed by atoms with E-state index in [1.165, 1.54) is 12.8 Å². The number of aromatic nitrogens is 2. The highest BCUT2D eigenvalue weighted by Gasteiger charge is 2.21. The maximum absolute atomic E-state index is 4.65. The highest BCUT2D eigenvalue weighted by atomic mass is 15.3. The van der Waals surface area contributed by atoms with Gasteiger partial charge in [0.15, 0.2) is 0 Å². The summed E-state index contributed by atoms with van der Waals surface area (Å²) < 4.78 is 2.26. The zero-order chi connectivity index (χ0) is 12.3. The van der Waals surface area contributed by atoms with Gasteiger partial charge in [-0.15, -0.1) is 0 Å². The molecule has 4 heteroatoms. The number of aryl methyl sites for hydroxylation is 2. The molecule has 0 saturated carbocycles. The first-order valence-corrected chi connectivity index (χ1v) is 6.68. The first-order chi connectivity index (χ1) is 8.24. The van der Waals surface area contributed by atoms with E-state index in [0.29, 0.717) is 0 Å². The Morgan fingerprint density at radius 1 is 1.41 bits per heavy atom. The maximum atomic E-state index is 4.65. The highest BCUT2D eigenvalue weighted by molar-refractivity contribution is 5.34. The predicted molar refractivity (Wildman–Crippen MR) is 71.5 cm³/mol. The molecule has 1 aliphatic heterocycles. The summed E-state index contributed by atoms with van der Waals surface area (Å²) in [6.45, 7) is 8.69. The van der Waals surface area contributed by atoms with Crippen LogP contribution in [0.5, 0.6) is 0 Å². The number of hydrogen-bond acceptors (Lipinski definition) is 3. The van der Waals surface area contributed by atoms with Gasteiger partial charge in [0.2, 0.25) is 5.95 Å². The van der Waals surface area contributed by atoms with Crippen molar-refractivity contribution in [3.05, 3.63) is 11.9 Å². The van der Waals surface area contributed by atoms with Crippen LogP contribution in [0.2, 0.25) is 0 Å². The quantitative estimate of drug-likeness (QED) is 0.863. The van der Waals surface area contributed by atoms with Crippen LogP contribution in [0.3, 0.4) is 0 Å². The van der Waals surface area contributed by atoms with Crippen molar-refractivity contribution in [3.8, 4) is 0 Å². The Balaban J connectivity index is 2.00. The van der Waals surface area contributed by atoms with Gasteiger partial charge in [0, 0.05) is 25.8 Å². The number of anilines is 1. The fourth-order valence-electron chi connectivity index (χ4n) is 2.64. The van der Waals surface area contributed by atoms with E-state index in [1.54, 1.807) is 0 Å². The molecule has 0 aliphatic carbocycles. The topological polar surface area (TPSA) is 33.1 Å². The normalized spacial score (nSPS) is 17.7. The zero-order valence-electron chi connectivity index (χ0n) is 11.2. The highest BCUT2D eigenvalue weighted by Crippen LogP contribution is 2.22. The summed E-state index contributed by atoms with van der Waals surface area (Å²) in [5, 5.41) is 3.28. The summed E-state index contributed by atoms with van der Waals surface area (Å²) in [6.07, 6.45) is 4.70. The lowest BCUT2D eigenvalue weighted by Crippen LogP contribution is -2.38. The number of nitrogens with one attached hydrogen (secondary N) is 1. The van der Waals surface area contributed by atoms with Crippen LogP contribution in [-0.4, -0.2) is 36.2 Å². The Kier molecular flexibility index (Phi) is 4.05. The lowest BCUT2D eigenvalue weighted by atomic mass is 9.97. The fraction of sp³-hybridized carbons (Fsp3) is 0.769. The third-order valence-electron chi connectivity index (χ3n) is 3.61. The molecular formula is C13H24N4. The first kappa shape index (κ1) is 12.4. The molecule has 1 aromatic rings. The average molecular weight is 236 g/mol. The molecule has 1 aromatic heterocycles. The molecule has 1 fully saturated rings. The summed E-state index contributed by atoms with van der Waals surface area (Å²) in [5.74, 6) is 2.00. The number of hydrogen-bond donors (Lipinski definition) is 1. The van der Waals surface area contributed by atoms with Crippen molar-refractivity contribution in [1.29, 1.82) is 0 Å². The number of piperidine rings is 1. The molecule has 96 valence electrons. The van der Waals surface area contributed by atoms with Gasteiger partial charge in [-0.1, -0.05) is 0 Å². The van der Waals surface area contributed by atoms with Crippen LogP contribution in [0.1, 0.15) is 25.5 Å². The molecule has 17 heavy (non-hydrogen) atoms. The third-order valence-corrected chi connectivity index (χ3v) is 3.61. The Hall–Kier alpha value is -1.03. The van der Waals surface area contributed by atoms with Crippen LogP contribution in [0, 0.1) is 12.8 Å². The molecule has 0 amide bonds. The minimum atomic E-state index is 0.836. The van der Waals surface area contributed by atoms with E-state index in [2.05, 4.69) is 39.8 Å². The van der Waals surface area contributed by atoms with Gasteiger partial charge in [0.25, 0.3) is 0 Å². The van der Waals surface area contributed by atoms with Gasteiger partial charge in [-0.2, -0.15) is 0 Å². The lowest BCUT2D eigenvalue weighted by Gasteiger charge is -2.32. The van der Waals surface area contributed by atoms with E-state index in [4.69, 9.17) is 0 Å². The minimum absolute atomic E-state index is 0.836. The minimum Gasteiger partial charge on any atom is -0.342 e. The molecule has 0 radical (unpaired) electrons. The van der Waals surface area contributed by atoms with E-state index in [-0.39, 0.29) is 0 Å². The molecule has 1 N–H and O–H groups in total. The van der Waals surface area contributed by atoms with Crippen molar-refractivity contribution < 1.29 is 0 Å². The Bertz CT molecular complexity index is 350. The standard InChI is InChI=1S/C13H24N4/c1-4-16-10-11(2)15-13(16)17-7-5-12(6-8-17)9-14-3/h10,12,14H,4-9H2,1-3H3. The van der Waals surface area contributed by atoms with Crippen LogP contribution in [0.15, 0.2) is 6.20 Å². The van der Waals surface area contributed by atoms with Crippen LogP contribution >= 0.6 is 0 Å². The summed E-state index contributed by atoms with van der Waals surface area (Å²) >= 11 is 0. The molecule has 2 rings (SSSR count). The molecule has 1 saturated heterocycles. The summed E-state index contributed by atoms with van der Waals surface area (Å²) in [5.41, 5.74) is 1.12. The molecule has 0 aromatic carbocycles. The van der Waals surface area contributed by atoms with Crippen molar-refractivity contribution in [1.82, 2.24) is 14.9 Å². The SMILES string of the molecule is CCn1cc(C)nc1N1CCC(CNC)CC1. The molecule has 0 spiro atoms. The van der Waals surface area contributed by atoms with Crippen LogP contribution < -0.4 is 10.2 Å². The molecule has 1 aliphatic rings. The number of imidazole rings is 1. The van der Waals surface area contributed by atoms with Gasteiger partial charge in [-0.25, -0.2) is 4.98 Å². The number of nitrogens with zero attached hydrogens (tertiary/aromatic N) is 3. The van der Waals surface area contributed by atoms with E-state index in [1.807, 2.05) is 7.05 Å². The molecule has 0 unspecified atom stereocenters. The van der Waals surface area contributed by atoms with Crippen molar-refractivity contribution in [2.75, 3.05) is 31.6 Å². The van der Waals surface area contributed by atoms with E-state index >= 15 is 0 Å². The van der Waals surface area contributed by atoms with Gasteiger partial charge >= 0.3 is 0 Å². The Morgan fingerprint density at radius 2 is 2.12 bits per heavy atom. The largest absolute Gasteiger partial charge is 0.342 e. The molecule has 0 atom stereocenters. The summed E-state index contributed by atoms with van der Waals surface area (Å²) in [7, 11) is 2.04. The van der Waals surface area contributed by atoms with Crippen LogP contribution in [0.25, 0.3) is 0 Å². The van der Waals surface area contributed by atoms with E-state index in [9.17, 15) is 0 Å². The van der Waals surface area contributed by atoms with E-state index < -0.39 is 0 Å². The second kappa shape index (κ2) is 5.54. The third kappa shape index (κ3) is 2.80.